The van der Waals surface area contributed by atoms with Crippen LogP contribution in [0.1, 0.15) is 25.7 Å². The molecular weight excluding hydrogens is 302 g/mol. The van der Waals surface area contributed by atoms with Crippen molar-refractivity contribution in [1.82, 2.24) is 9.97 Å². The van der Waals surface area contributed by atoms with Crippen molar-refractivity contribution in [3.63, 3.8) is 0 Å². The van der Waals surface area contributed by atoms with E-state index in [4.69, 9.17) is 4.98 Å². The second kappa shape index (κ2) is 5.87. The first-order chi connectivity index (χ1) is 9.38. The molecule has 4 heteroatoms. The average Bonchev–Trinajstić information content (AvgIpc) is 2.98. The van der Waals surface area contributed by atoms with E-state index in [0.717, 1.165) is 28.7 Å². The second-order valence-corrected chi connectivity index (χ2v) is 5.83. The quantitative estimate of drug-likeness (QED) is 0.803. The van der Waals surface area contributed by atoms with E-state index < -0.39 is 0 Å². The third-order valence-electron chi connectivity index (χ3n) is 3.82. The zero-order chi connectivity index (χ0) is 13.1. The van der Waals surface area contributed by atoms with Crippen LogP contribution >= 0.6 is 15.9 Å². The summed E-state index contributed by atoms with van der Waals surface area (Å²) in [4.78, 5) is 11.7. The van der Waals surface area contributed by atoms with E-state index in [2.05, 4.69) is 25.8 Å². The molecule has 1 saturated carbocycles. The van der Waals surface area contributed by atoms with Crippen molar-refractivity contribution in [2.75, 3.05) is 16.8 Å². The standard InChI is InChI=1S/C15H18BrN3/c16-9-10-19(12-5-1-2-6-12)15-11-17-13-7-3-4-8-14(13)18-15/h3-4,7-8,11-12H,1-2,5-6,9-10H2. The van der Waals surface area contributed by atoms with Crippen molar-refractivity contribution >= 4 is 32.8 Å². The van der Waals surface area contributed by atoms with E-state index in [9.17, 15) is 0 Å². The van der Waals surface area contributed by atoms with E-state index in [0.29, 0.717) is 6.04 Å². The van der Waals surface area contributed by atoms with Crippen LogP contribution < -0.4 is 4.90 Å². The van der Waals surface area contributed by atoms with Crippen LogP contribution in [-0.2, 0) is 0 Å². The maximum Gasteiger partial charge on any atom is 0.148 e. The zero-order valence-electron chi connectivity index (χ0n) is 10.9. The molecule has 1 fully saturated rings. The molecule has 0 saturated heterocycles. The number of alkyl halides is 1. The summed E-state index contributed by atoms with van der Waals surface area (Å²) in [6, 6.07) is 8.70. The summed E-state index contributed by atoms with van der Waals surface area (Å²) in [5.74, 6) is 1.02. The molecule has 0 unspecified atom stereocenters. The van der Waals surface area contributed by atoms with Gasteiger partial charge in [-0.05, 0) is 25.0 Å². The Bertz CT molecular complexity index is 552. The minimum atomic E-state index is 0.632. The minimum absolute atomic E-state index is 0.632. The molecule has 3 rings (SSSR count). The monoisotopic (exact) mass is 319 g/mol. The number of fused-ring (bicyclic) bond motifs is 1. The molecule has 0 atom stereocenters. The summed E-state index contributed by atoms with van der Waals surface area (Å²) < 4.78 is 0. The molecule has 1 aromatic carbocycles. The van der Waals surface area contributed by atoms with Crippen molar-refractivity contribution in [1.29, 1.82) is 0 Å². The Kier molecular flexibility index (Phi) is 3.97. The Labute approximate surface area is 122 Å². The van der Waals surface area contributed by atoms with Gasteiger partial charge < -0.3 is 4.90 Å². The zero-order valence-corrected chi connectivity index (χ0v) is 12.5. The molecule has 3 nitrogen and oxygen atoms in total. The fourth-order valence-corrected chi connectivity index (χ4v) is 3.26. The van der Waals surface area contributed by atoms with Crippen LogP contribution in [0.4, 0.5) is 5.82 Å². The largest absolute Gasteiger partial charge is 0.352 e. The summed E-state index contributed by atoms with van der Waals surface area (Å²) >= 11 is 3.55. The molecule has 0 bridgehead atoms. The lowest BCUT2D eigenvalue weighted by Crippen LogP contribution is -2.35. The van der Waals surface area contributed by atoms with Crippen LogP contribution in [-0.4, -0.2) is 27.9 Å². The number of anilines is 1. The van der Waals surface area contributed by atoms with Gasteiger partial charge >= 0.3 is 0 Å². The van der Waals surface area contributed by atoms with Crippen LogP contribution in [0.2, 0.25) is 0 Å². The highest BCUT2D eigenvalue weighted by molar-refractivity contribution is 9.09. The molecule has 1 aromatic heterocycles. The predicted octanol–water partition coefficient (Wildman–Crippen LogP) is 3.77. The van der Waals surface area contributed by atoms with Gasteiger partial charge in [0.15, 0.2) is 0 Å². The third-order valence-corrected chi connectivity index (χ3v) is 4.18. The third kappa shape index (κ3) is 2.73. The number of hydrogen-bond acceptors (Lipinski definition) is 3. The fraction of sp³-hybridized carbons (Fsp3) is 0.467. The van der Waals surface area contributed by atoms with Gasteiger partial charge in [-0.3, -0.25) is 4.98 Å². The summed E-state index contributed by atoms with van der Waals surface area (Å²) in [6.45, 7) is 0.998. The Hall–Kier alpha value is -1.16. The average molecular weight is 320 g/mol. The van der Waals surface area contributed by atoms with Gasteiger partial charge in [-0.15, -0.1) is 0 Å². The van der Waals surface area contributed by atoms with Crippen molar-refractivity contribution in [3.8, 4) is 0 Å². The number of benzene rings is 1. The van der Waals surface area contributed by atoms with Gasteiger partial charge in [0.05, 0.1) is 17.2 Å². The molecule has 100 valence electrons. The van der Waals surface area contributed by atoms with Crippen molar-refractivity contribution in [3.05, 3.63) is 30.5 Å². The first-order valence-electron chi connectivity index (χ1n) is 6.93. The maximum absolute atomic E-state index is 4.78. The fourth-order valence-electron chi connectivity index (χ4n) is 2.88. The maximum atomic E-state index is 4.78. The van der Waals surface area contributed by atoms with Gasteiger partial charge in [0, 0.05) is 17.9 Å². The molecule has 1 aliphatic rings. The normalized spacial score (nSPS) is 16.1. The van der Waals surface area contributed by atoms with E-state index in [1.54, 1.807) is 0 Å². The van der Waals surface area contributed by atoms with Gasteiger partial charge in [0.1, 0.15) is 5.82 Å². The number of aromatic nitrogens is 2. The van der Waals surface area contributed by atoms with Gasteiger partial charge in [0.2, 0.25) is 0 Å². The Balaban J connectivity index is 1.94. The van der Waals surface area contributed by atoms with Crippen LogP contribution in [0.5, 0.6) is 0 Å². The molecule has 0 N–H and O–H groups in total. The molecule has 0 amide bonds. The Morgan fingerprint density at radius 1 is 1.16 bits per heavy atom. The lowest BCUT2D eigenvalue weighted by Gasteiger charge is -2.29. The molecular formula is C15H18BrN3. The lowest BCUT2D eigenvalue weighted by molar-refractivity contribution is 0.616. The van der Waals surface area contributed by atoms with Crippen LogP contribution in [0, 0.1) is 0 Å². The number of hydrogen-bond donors (Lipinski definition) is 0. The Morgan fingerprint density at radius 3 is 2.63 bits per heavy atom. The number of halogens is 1. The Morgan fingerprint density at radius 2 is 1.89 bits per heavy atom. The first-order valence-corrected chi connectivity index (χ1v) is 8.05. The van der Waals surface area contributed by atoms with Gasteiger partial charge in [0.25, 0.3) is 0 Å². The molecule has 2 aromatic rings. The SMILES string of the molecule is BrCCN(c1cnc2ccccc2n1)C1CCCC1. The van der Waals surface area contributed by atoms with Crippen molar-refractivity contribution in [2.45, 2.75) is 31.7 Å². The highest BCUT2D eigenvalue weighted by Crippen LogP contribution is 2.27. The molecule has 0 radical (unpaired) electrons. The van der Waals surface area contributed by atoms with Crippen LogP contribution in [0.15, 0.2) is 30.5 Å². The minimum Gasteiger partial charge on any atom is -0.352 e. The smallest absolute Gasteiger partial charge is 0.148 e. The van der Waals surface area contributed by atoms with E-state index in [-0.39, 0.29) is 0 Å². The van der Waals surface area contributed by atoms with Crippen molar-refractivity contribution < 1.29 is 0 Å². The molecule has 0 spiro atoms. The number of nitrogens with zero attached hydrogens (tertiary/aromatic N) is 3. The lowest BCUT2D eigenvalue weighted by atomic mass is 10.2. The summed E-state index contributed by atoms with van der Waals surface area (Å²) in [7, 11) is 0. The summed E-state index contributed by atoms with van der Waals surface area (Å²) in [6.07, 6.45) is 7.15. The predicted molar refractivity (Wildman–Crippen MR) is 82.9 cm³/mol. The van der Waals surface area contributed by atoms with E-state index in [1.807, 2.05) is 30.5 Å². The van der Waals surface area contributed by atoms with Gasteiger partial charge in [-0.25, -0.2) is 4.98 Å². The first kappa shape index (κ1) is 12.9. The molecule has 1 aliphatic carbocycles. The summed E-state index contributed by atoms with van der Waals surface area (Å²) in [5, 5.41) is 0.970. The van der Waals surface area contributed by atoms with Crippen LogP contribution in [0.3, 0.4) is 0 Å². The number of rotatable bonds is 4. The highest BCUT2D eigenvalue weighted by atomic mass is 79.9. The van der Waals surface area contributed by atoms with Crippen molar-refractivity contribution in [2.24, 2.45) is 0 Å². The van der Waals surface area contributed by atoms with Gasteiger partial charge in [-0.1, -0.05) is 40.9 Å². The highest BCUT2D eigenvalue weighted by Gasteiger charge is 2.23. The van der Waals surface area contributed by atoms with Crippen LogP contribution in [0.25, 0.3) is 11.0 Å². The molecule has 19 heavy (non-hydrogen) atoms. The summed E-state index contributed by atoms with van der Waals surface area (Å²) in [5.41, 5.74) is 1.95. The molecule has 1 heterocycles. The molecule has 0 aliphatic heterocycles. The topological polar surface area (TPSA) is 29.0 Å². The second-order valence-electron chi connectivity index (χ2n) is 5.04. The van der Waals surface area contributed by atoms with E-state index >= 15 is 0 Å². The van der Waals surface area contributed by atoms with Gasteiger partial charge in [-0.2, -0.15) is 0 Å². The number of para-hydroxylation sites is 2. The van der Waals surface area contributed by atoms with E-state index in [1.165, 1.54) is 25.7 Å².